The molecule has 0 N–H and O–H groups in total. The molecule has 0 aliphatic carbocycles. The predicted octanol–water partition coefficient (Wildman–Crippen LogP) is 14.1. The maximum absolute atomic E-state index is 2.40. The average molecular weight is 633 g/mol. The first-order chi connectivity index (χ1) is 24.8. The summed E-state index contributed by atoms with van der Waals surface area (Å²) in [6, 6.07) is 71.4. The Kier molecular flexibility index (Phi) is 6.60. The van der Waals surface area contributed by atoms with Crippen LogP contribution in [-0.4, -0.2) is 0 Å². The highest BCUT2D eigenvalue weighted by Gasteiger charge is 2.20. The molecule has 0 atom stereocenters. The normalized spacial score (nSPS) is 11.6. The molecule has 0 aliphatic heterocycles. The third-order valence-electron chi connectivity index (χ3n) is 10.4. The first-order valence-electron chi connectivity index (χ1n) is 17.3. The predicted molar refractivity (Wildman–Crippen MR) is 216 cm³/mol. The van der Waals surface area contributed by atoms with Gasteiger partial charge in [0.05, 0.1) is 0 Å². The zero-order valence-corrected chi connectivity index (χ0v) is 27.5. The van der Waals surface area contributed by atoms with Crippen LogP contribution in [0.2, 0.25) is 0 Å². The minimum absolute atomic E-state index is 1.22. The molecular formula is C50H32. The topological polar surface area (TPSA) is 0 Å². The standard InChI is InChI=1S/C50H32/c1-2-13-34(14-3-1)47-31-35-16-4-5-17-36(35)32-48(47)50-45-22-10-8-20-43(45)49(44-21-9-11-23-46(44)50)40-28-26-37-29-39(27-25-38(37)30-40)42-24-12-18-33-15-6-7-19-41(33)42/h1-32H. The number of hydrogen-bond acceptors (Lipinski definition) is 0. The van der Waals surface area contributed by atoms with Crippen LogP contribution in [-0.2, 0) is 0 Å². The number of hydrogen-bond donors (Lipinski definition) is 0. The van der Waals surface area contributed by atoms with Crippen molar-refractivity contribution in [1.82, 2.24) is 0 Å². The maximum atomic E-state index is 2.40. The Morgan fingerprint density at radius 3 is 1.32 bits per heavy atom. The lowest BCUT2D eigenvalue weighted by atomic mass is 9.83. The number of fused-ring (bicyclic) bond motifs is 5. The van der Waals surface area contributed by atoms with E-state index in [2.05, 4.69) is 194 Å². The first-order valence-corrected chi connectivity index (χ1v) is 17.3. The van der Waals surface area contributed by atoms with E-state index in [1.54, 1.807) is 0 Å². The monoisotopic (exact) mass is 632 g/mol. The van der Waals surface area contributed by atoms with Gasteiger partial charge >= 0.3 is 0 Å². The summed E-state index contributed by atoms with van der Waals surface area (Å²) in [7, 11) is 0. The fourth-order valence-corrected chi connectivity index (χ4v) is 8.08. The van der Waals surface area contributed by atoms with Crippen molar-refractivity contribution in [3.8, 4) is 44.5 Å². The Bertz CT molecular complexity index is 2850. The molecule has 10 aromatic rings. The highest BCUT2D eigenvalue weighted by atomic mass is 14.2. The van der Waals surface area contributed by atoms with Gasteiger partial charge < -0.3 is 0 Å². The quantitative estimate of drug-likeness (QED) is 0.169. The fraction of sp³-hybridized carbons (Fsp3) is 0. The Morgan fingerprint density at radius 2 is 0.660 bits per heavy atom. The van der Waals surface area contributed by atoms with E-state index in [9.17, 15) is 0 Å². The van der Waals surface area contributed by atoms with Crippen LogP contribution in [0.5, 0.6) is 0 Å². The molecule has 0 fully saturated rings. The SMILES string of the molecule is c1ccc(-c2cc3ccccc3cc2-c2c3ccccc3c(-c3ccc4cc(-c5cccc6ccccc56)ccc4c3)c3ccccc23)cc1. The van der Waals surface area contributed by atoms with Gasteiger partial charge in [0.1, 0.15) is 0 Å². The molecule has 10 aromatic carbocycles. The second kappa shape index (κ2) is 11.6. The van der Waals surface area contributed by atoms with Crippen LogP contribution in [0.4, 0.5) is 0 Å². The van der Waals surface area contributed by atoms with Crippen LogP contribution in [0.25, 0.3) is 98.4 Å². The molecule has 0 spiro atoms. The molecule has 0 amide bonds. The van der Waals surface area contributed by atoms with Crippen molar-refractivity contribution >= 4 is 53.9 Å². The summed E-state index contributed by atoms with van der Waals surface area (Å²) in [5.41, 5.74) is 10.0. The van der Waals surface area contributed by atoms with E-state index in [1.807, 2.05) is 0 Å². The molecule has 0 aromatic heterocycles. The van der Waals surface area contributed by atoms with Crippen LogP contribution in [0.15, 0.2) is 194 Å². The van der Waals surface area contributed by atoms with Gasteiger partial charge in [-0.3, -0.25) is 0 Å². The fourth-order valence-electron chi connectivity index (χ4n) is 8.08. The second-order valence-electron chi connectivity index (χ2n) is 13.3. The van der Waals surface area contributed by atoms with E-state index < -0.39 is 0 Å². The first kappa shape index (κ1) is 28.5. The van der Waals surface area contributed by atoms with Crippen molar-refractivity contribution in [3.05, 3.63) is 194 Å². The molecule has 0 unspecified atom stereocenters. The van der Waals surface area contributed by atoms with Gasteiger partial charge in [-0.05, 0) is 123 Å². The van der Waals surface area contributed by atoms with Gasteiger partial charge in [-0.15, -0.1) is 0 Å². The van der Waals surface area contributed by atoms with Gasteiger partial charge in [0.25, 0.3) is 0 Å². The van der Waals surface area contributed by atoms with Crippen molar-refractivity contribution in [1.29, 1.82) is 0 Å². The Labute approximate surface area is 291 Å². The minimum Gasteiger partial charge on any atom is -0.0622 e. The molecule has 232 valence electrons. The zero-order chi connectivity index (χ0) is 33.0. The molecule has 0 radical (unpaired) electrons. The van der Waals surface area contributed by atoms with Crippen LogP contribution in [0.1, 0.15) is 0 Å². The Balaban J connectivity index is 1.21. The lowest BCUT2D eigenvalue weighted by Crippen LogP contribution is -1.93. The van der Waals surface area contributed by atoms with Crippen molar-refractivity contribution < 1.29 is 0 Å². The molecule has 0 heterocycles. The van der Waals surface area contributed by atoms with Crippen LogP contribution in [0.3, 0.4) is 0 Å². The molecule has 10 rings (SSSR count). The van der Waals surface area contributed by atoms with E-state index in [4.69, 9.17) is 0 Å². The van der Waals surface area contributed by atoms with Gasteiger partial charge in [0.2, 0.25) is 0 Å². The molecule has 0 saturated heterocycles. The van der Waals surface area contributed by atoms with E-state index in [0.29, 0.717) is 0 Å². The molecule has 0 bridgehead atoms. The summed E-state index contributed by atoms with van der Waals surface area (Å²) in [5, 5.41) is 12.6. The molecule has 0 saturated carbocycles. The van der Waals surface area contributed by atoms with Crippen molar-refractivity contribution in [3.63, 3.8) is 0 Å². The number of rotatable bonds is 4. The Hall–Kier alpha value is -6.50. The lowest BCUT2D eigenvalue weighted by molar-refractivity contribution is 1.63. The maximum Gasteiger partial charge on any atom is -0.00199 e. The lowest BCUT2D eigenvalue weighted by Gasteiger charge is -2.20. The van der Waals surface area contributed by atoms with Crippen LogP contribution < -0.4 is 0 Å². The van der Waals surface area contributed by atoms with E-state index >= 15 is 0 Å². The van der Waals surface area contributed by atoms with E-state index in [-0.39, 0.29) is 0 Å². The third-order valence-corrected chi connectivity index (χ3v) is 10.4. The van der Waals surface area contributed by atoms with Gasteiger partial charge in [0.15, 0.2) is 0 Å². The van der Waals surface area contributed by atoms with Crippen LogP contribution >= 0.6 is 0 Å². The second-order valence-corrected chi connectivity index (χ2v) is 13.3. The number of benzene rings is 10. The smallest absolute Gasteiger partial charge is 0.00199 e. The third kappa shape index (κ3) is 4.61. The van der Waals surface area contributed by atoms with Gasteiger partial charge in [-0.1, -0.05) is 170 Å². The molecule has 0 nitrogen and oxygen atoms in total. The summed E-state index contributed by atoms with van der Waals surface area (Å²) >= 11 is 0. The molecular weight excluding hydrogens is 601 g/mol. The molecule has 50 heavy (non-hydrogen) atoms. The average Bonchev–Trinajstić information content (AvgIpc) is 3.19. The summed E-state index contributed by atoms with van der Waals surface area (Å²) in [4.78, 5) is 0. The molecule has 0 aliphatic rings. The largest absolute Gasteiger partial charge is 0.0622 e. The minimum atomic E-state index is 1.22. The van der Waals surface area contributed by atoms with Crippen molar-refractivity contribution in [2.24, 2.45) is 0 Å². The van der Waals surface area contributed by atoms with Crippen molar-refractivity contribution in [2.75, 3.05) is 0 Å². The summed E-state index contributed by atoms with van der Waals surface area (Å²) < 4.78 is 0. The van der Waals surface area contributed by atoms with Gasteiger partial charge in [-0.2, -0.15) is 0 Å². The Morgan fingerprint density at radius 1 is 0.200 bits per heavy atom. The summed E-state index contributed by atoms with van der Waals surface area (Å²) in [5.74, 6) is 0. The zero-order valence-electron chi connectivity index (χ0n) is 27.5. The molecule has 0 heteroatoms. The van der Waals surface area contributed by atoms with Gasteiger partial charge in [0, 0.05) is 0 Å². The summed E-state index contributed by atoms with van der Waals surface area (Å²) in [6.07, 6.45) is 0. The van der Waals surface area contributed by atoms with Crippen LogP contribution in [0, 0.1) is 0 Å². The van der Waals surface area contributed by atoms with Gasteiger partial charge in [-0.25, -0.2) is 0 Å². The highest BCUT2D eigenvalue weighted by Crippen LogP contribution is 2.47. The van der Waals surface area contributed by atoms with E-state index in [0.717, 1.165) is 0 Å². The van der Waals surface area contributed by atoms with E-state index in [1.165, 1.54) is 98.4 Å². The summed E-state index contributed by atoms with van der Waals surface area (Å²) in [6.45, 7) is 0. The highest BCUT2D eigenvalue weighted by molar-refractivity contribution is 6.23. The van der Waals surface area contributed by atoms with Crippen molar-refractivity contribution in [2.45, 2.75) is 0 Å².